The highest BCUT2D eigenvalue weighted by atomic mass is 16.4. The van der Waals surface area contributed by atoms with Gasteiger partial charge in [0.2, 0.25) is 0 Å². The first-order valence-electron chi connectivity index (χ1n) is 3.73. The molecule has 0 atom stereocenters. The van der Waals surface area contributed by atoms with Gasteiger partial charge in [-0.05, 0) is 12.1 Å². The van der Waals surface area contributed by atoms with Gasteiger partial charge in [0.05, 0.1) is 11.8 Å². The molecule has 68 valence electrons. The number of nitrogens with zero attached hydrogens (tertiary/aromatic N) is 1. The summed E-state index contributed by atoms with van der Waals surface area (Å²) in [4.78, 5) is 11.3. The fourth-order valence-corrected chi connectivity index (χ4v) is 0.943. The van der Waals surface area contributed by atoms with Crippen LogP contribution in [0.1, 0.15) is 16.8 Å². The van der Waals surface area contributed by atoms with Gasteiger partial charge in [-0.2, -0.15) is 0 Å². The molecular formula is C9H9NO3. The second-order valence-corrected chi connectivity index (χ2v) is 2.44. The van der Waals surface area contributed by atoms with Gasteiger partial charge in [-0.25, -0.2) is 0 Å². The highest BCUT2D eigenvalue weighted by Gasteiger charge is 2.07. The van der Waals surface area contributed by atoms with Gasteiger partial charge in [-0.3, -0.25) is 4.79 Å². The summed E-state index contributed by atoms with van der Waals surface area (Å²) in [5.74, 6) is -0.338. The molecule has 0 bridgehead atoms. The van der Waals surface area contributed by atoms with Crippen LogP contribution in [0.25, 0.3) is 0 Å². The van der Waals surface area contributed by atoms with E-state index in [0.29, 0.717) is 0 Å². The van der Waals surface area contributed by atoms with E-state index in [1.54, 1.807) is 12.1 Å². The van der Waals surface area contributed by atoms with E-state index in [-0.39, 0.29) is 23.5 Å². The summed E-state index contributed by atoms with van der Waals surface area (Å²) >= 11 is 0. The SMILES string of the molecule is O=C(C/C=N\O)c1ccccc1O. The van der Waals surface area contributed by atoms with Crippen LogP contribution in [0.15, 0.2) is 29.4 Å². The third kappa shape index (κ3) is 2.30. The molecule has 2 N–H and O–H groups in total. The number of ketones is 1. The van der Waals surface area contributed by atoms with Crippen LogP contribution in [-0.4, -0.2) is 22.3 Å². The number of hydrogen-bond donors (Lipinski definition) is 2. The van der Waals surface area contributed by atoms with E-state index >= 15 is 0 Å². The molecule has 4 nitrogen and oxygen atoms in total. The van der Waals surface area contributed by atoms with Crippen LogP contribution >= 0.6 is 0 Å². The summed E-state index contributed by atoms with van der Waals surface area (Å²) in [5.41, 5.74) is 0.238. The lowest BCUT2D eigenvalue weighted by atomic mass is 10.1. The Morgan fingerprint density at radius 2 is 2.15 bits per heavy atom. The number of oxime groups is 1. The summed E-state index contributed by atoms with van der Waals surface area (Å²) in [7, 11) is 0. The van der Waals surface area contributed by atoms with Crippen molar-refractivity contribution in [2.75, 3.05) is 0 Å². The van der Waals surface area contributed by atoms with Crippen LogP contribution < -0.4 is 0 Å². The monoisotopic (exact) mass is 179 g/mol. The van der Waals surface area contributed by atoms with Gasteiger partial charge < -0.3 is 10.3 Å². The Kier molecular flexibility index (Phi) is 3.03. The number of phenols is 1. The lowest BCUT2D eigenvalue weighted by molar-refractivity contribution is 0.0998. The quantitative estimate of drug-likeness (QED) is 0.319. The molecule has 0 radical (unpaired) electrons. The second kappa shape index (κ2) is 4.25. The maximum atomic E-state index is 11.3. The normalized spacial score (nSPS) is 10.5. The van der Waals surface area contributed by atoms with E-state index < -0.39 is 0 Å². The molecule has 0 saturated carbocycles. The molecule has 0 aromatic heterocycles. The largest absolute Gasteiger partial charge is 0.507 e. The number of hydrogen-bond acceptors (Lipinski definition) is 4. The zero-order chi connectivity index (χ0) is 9.68. The van der Waals surface area contributed by atoms with Gasteiger partial charge in [-0.1, -0.05) is 12.1 Å². The lowest BCUT2D eigenvalue weighted by Crippen LogP contribution is -1.99. The van der Waals surface area contributed by atoms with Gasteiger partial charge in [-0.15, -0.1) is 5.16 Å². The van der Waals surface area contributed by atoms with E-state index in [0.717, 1.165) is 6.21 Å². The van der Waals surface area contributed by atoms with Crippen molar-refractivity contribution >= 4 is 12.0 Å². The maximum absolute atomic E-state index is 11.3. The molecule has 0 heterocycles. The number of phenolic OH excluding ortho intramolecular Hbond substituents is 1. The molecule has 0 unspecified atom stereocenters. The van der Waals surface area contributed by atoms with Crippen molar-refractivity contribution in [3.63, 3.8) is 0 Å². The van der Waals surface area contributed by atoms with Crippen molar-refractivity contribution in [1.29, 1.82) is 0 Å². The number of benzene rings is 1. The lowest BCUT2D eigenvalue weighted by Gasteiger charge is -1.99. The van der Waals surface area contributed by atoms with Crippen molar-refractivity contribution in [1.82, 2.24) is 0 Å². The molecule has 0 amide bonds. The van der Waals surface area contributed by atoms with Gasteiger partial charge in [0.15, 0.2) is 5.78 Å². The Balaban J connectivity index is 2.83. The predicted octanol–water partition coefficient (Wildman–Crippen LogP) is 1.42. The van der Waals surface area contributed by atoms with Gasteiger partial charge in [0.1, 0.15) is 5.75 Å². The number of aromatic hydroxyl groups is 1. The van der Waals surface area contributed by atoms with E-state index in [4.69, 9.17) is 5.21 Å². The van der Waals surface area contributed by atoms with Crippen LogP contribution in [0.2, 0.25) is 0 Å². The van der Waals surface area contributed by atoms with Crippen LogP contribution in [0.5, 0.6) is 5.75 Å². The van der Waals surface area contributed by atoms with E-state index in [2.05, 4.69) is 5.16 Å². The first-order chi connectivity index (χ1) is 6.25. The average Bonchev–Trinajstić information content (AvgIpc) is 2.15. The minimum absolute atomic E-state index is 0.0198. The van der Waals surface area contributed by atoms with Crippen molar-refractivity contribution in [2.45, 2.75) is 6.42 Å². The molecular weight excluding hydrogens is 170 g/mol. The molecule has 0 aliphatic rings. The number of rotatable bonds is 3. The Hall–Kier alpha value is -1.84. The summed E-state index contributed by atoms with van der Waals surface area (Å²) in [6.07, 6.45) is 1.06. The topological polar surface area (TPSA) is 69.9 Å². The number of carbonyl (C=O) groups excluding carboxylic acids is 1. The maximum Gasteiger partial charge on any atom is 0.172 e. The molecule has 0 aliphatic heterocycles. The van der Waals surface area contributed by atoms with E-state index in [1.807, 2.05) is 0 Å². The molecule has 1 rings (SSSR count). The van der Waals surface area contributed by atoms with Gasteiger partial charge >= 0.3 is 0 Å². The minimum atomic E-state index is -0.282. The highest BCUT2D eigenvalue weighted by Crippen LogP contribution is 2.16. The van der Waals surface area contributed by atoms with Gasteiger partial charge in [0.25, 0.3) is 0 Å². The first-order valence-corrected chi connectivity index (χ1v) is 3.73. The Morgan fingerprint density at radius 3 is 2.77 bits per heavy atom. The standard InChI is InChI=1S/C9H9NO3/c11-8-4-2-1-3-7(8)9(12)5-6-10-13/h1-4,6,11,13H,5H2/b10-6-. The number of para-hydroxylation sites is 1. The molecule has 0 spiro atoms. The predicted molar refractivity (Wildman–Crippen MR) is 47.3 cm³/mol. The summed E-state index contributed by atoms with van der Waals surface area (Å²) in [6, 6.07) is 6.24. The van der Waals surface area contributed by atoms with E-state index in [9.17, 15) is 9.90 Å². The van der Waals surface area contributed by atoms with Gasteiger partial charge in [0, 0.05) is 6.42 Å². The fourth-order valence-electron chi connectivity index (χ4n) is 0.943. The molecule has 1 aromatic carbocycles. The Morgan fingerprint density at radius 1 is 1.46 bits per heavy atom. The summed E-state index contributed by atoms with van der Waals surface area (Å²) < 4.78 is 0. The Labute approximate surface area is 75.1 Å². The average molecular weight is 179 g/mol. The Bertz CT molecular complexity index is 333. The molecule has 1 aromatic rings. The van der Waals surface area contributed by atoms with Crippen LogP contribution in [0.4, 0.5) is 0 Å². The molecule has 0 fully saturated rings. The van der Waals surface area contributed by atoms with Crippen molar-refractivity contribution in [3.8, 4) is 5.75 Å². The van der Waals surface area contributed by atoms with Crippen LogP contribution in [0.3, 0.4) is 0 Å². The molecule has 0 aliphatic carbocycles. The molecule has 4 heteroatoms. The highest BCUT2D eigenvalue weighted by molar-refractivity contribution is 6.05. The number of carbonyl (C=O) groups is 1. The van der Waals surface area contributed by atoms with E-state index in [1.165, 1.54) is 12.1 Å². The zero-order valence-electron chi connectivity index (χ0n) is 6.84. The van der Waals surface area contributed by atoms with Crippen molar-refractivity contribution in [2.24, 2.45) is 5.16 Å². The number of Topliss-reactive ketones (excluding diaryl/α,β-unsaturated/α-hetero) is 1. The fraction of sp³-hybridized carbons (Fsp3) is 0.111. The van der Waals surface area contributed by atoms with Crippen molar-refractivity contribution in [3.05, 3.63) is 29.8 Å². The summed E-state index contributed by atoms with van der Waals surface area (Å²) in [6.45, 7) is 0. The zero-order valence-corrected chi connectivity index (χ0v) is 6.84. The van der Waals surface area contributed by atoms with Crippen LogP contribution in [-0.2, 0) is 0 Å². The first kappa shape index (κ1) is 9.25. The second-order valence-electron chi connectivity index (χ2n) is 2.44. The molecule has 0 saturated heterocycles. The third-order valence-corrected chi connectivity index (χ3v) is 1.56. The minimum Gasteiger partial charge on any atom is -0.507 e. The summed E-state index contributed by atoms with van der Waals surface area (Å²) in [5, 5.41) is 20.0. The van der Waals surface area contributed by atoms with Crippen LogP contribution in [0, 0.1) is 0 Å². The van der Waals surface area contributed by atoms with Crippen molar-refractivity contribution < 1.29 is 15.1 Å². The smallest absolute Gasteiger partial charge is 0.172 e. The third-order valence-electron chi connectivity index (χ3n) is 1.56. The molecule has 13 heavy (non-hydrogen) atoms.